The summed E-state index contributed by atoms with van der Waals surface area (Å²) in [6, 6.07) is 4.37. The standard InChI is InChI=1S/C14H17N3/c1-9-5-11(3)12(6-10(9)2)13-7-17-14(15-4)8-16-13/h5-8H,1-4H3,(H,15,17). The van der Waals surface area contributed by atoms with E-state index in [1.54, 1.807) is 6.20 Å². The van der Waals surface area contributed by atoms with Crippen molar-refractivity contribution < 1.29 is 0 Å². The van der Waals surface area contributed by atoms with E-state index in [0.717, 1.165) is 17.1 Å². The van der Waals surface area contributed by atoms with Gasteiger partial charge in [-0.25, -0.2) is 4.98 Å². The fourth-order valence-electron chi connectivity index (χ4n) is 1.83. The summed E-state index contributed by atoms with van der Waals surface area (Å²) in [4.78, 5) is 8.72. The molecule has 0 saturated heterocycles. The van der Waals surface area contributed by atoms with Gasteiger partial charge in [0, 0.05) is 12.6 Å². The Bertz CT molecular complexity index is 530. The van der Waals surface area contributed by atoms with Gasteiger partial charge in [-0.05, 0) is 43.5 Å². The number of nitrogens with one attached hydrogen (secondary N) is 1. The molecule has 0 fully saturated rings. The Morgan fingerprint density at radius 1 is 0.882 bits per heavy atom. The maximum absolute atomic E-state index is 4.43. The van der Waals surface area contributed by atoms with Crippen molar-refractivity contribution in [3.05, 3.63) is 41.2 Å². The molecule has 88 valence electrons. The zero-order valence-electron chi connectivity index (χ0n) is 10.7. The fraction of sp³-hybridized carbons (Fsp3) is 0.286. The maximum Gasteiger partial charge on any atom is 0.144 e. The molecular formula is C14H17N3. The molecule has 2 rings (SSSR count). The first-order valence-corrected chi connectivity index (χ1v) is 5.70. The summed E-state index contributed by atoms with van der Waals surface area (Å²) in [7, 11) is 1.84. The van der Waals surface area contributed by atoms with Gasteiger partial charge < -0.3 is 5.32 Å². The molecule has 0 aliphatic carbocycles. The van der Waals surface area contributed by atoms with Crippen molar-refractivity contribution >= 4 is 5.82 Å². The van der Waals surface area contributed by atoms with Crippen LogP contribution in [0.5, 0.6) is 0 Å². The van der Waals surface area contributed by atoms with Gasteiger partial charge in [0.05, 0.1) is 18.1 Å². The van der Waals surface area contributed by atoms with E-state index in [2.05, 4.69) is 48.2 Å². The normalized spacial score (nSPS) is 10.4. The number of nitrogens with zero attached hydrogens (tertiary/aromatic N) is 2. The smallest absolute Gasteiger partial charge is 0.144 e. The van der Waals surface area contributed by atoms with Crippen molar-refractivity contribution in [2.75, 3.05) is 12.4 Å². The van der Waals surface area contributed by atoms with Crippen molar-refractivity contribution in [3.8, 4) is 11.3 Å². The van der Waals surface area contributed by atoms with Crippen LogP contribution in [-0.4, -0.2) is 17.0 Å². The van der Waals surface area contributed by atoms with Gasteiger partial charge in [0.2, 0.25) is 0 Å². The van der Waals surface area contributed by atoms with Gasteiger partial charge in [-0.1, -0.05) is 6.07 Å². The van der Waals surface area contributed by atoms with E-state index in [0.29, 0.717) is 0 Å². The summed E-state index contributed by atoms with van der Waals surface area (Å²) in [5.74, 6) is 0.787. The molecule has 1 N–H and O–H groups in total. The van der Waals surface area contributed by atoms with Gasteiger partial charge in [0.15, 0.2) is 0 Å². The Balaban J connectivity index is 2.48. The van der Waals surface area contributed by atoms with Crippen LogP contribution in [0.4, 0.5) is 5.82 Å². The number of rotatable bonds is 2. The van der Waals surface area contributed by atoms with E-state index >= 15 is 0 Å². The molecule has 0 unspecified atom stereocenters. The van der Waals surface area contributed by atoms with Crippen LogP contribution in [0.15, 0.2) is 24.5 Å². The van der Waals surface area contributed by atoms with Crippen LogP contribution in [0.3, 0.4) is 0 Å². The maximum atomic E-state index is 4.43. The molecule has 1 aromatic carbocycles. The third-order valence-electron chi connectivity index (χ3n) is 3.02. The molecule has 0 spiro atoms. The van der Waals surface area contributed by atoms with Crippen LogP contribution in [0.2, 0.25) is 0 Å². The SMILES string of the molecule is CNc1cnc(-c2cc(C)c(C)cc2C)cn1. The molecule has 0 saturated carbocycles. The summed E-state index contributed by atoms with van der Waals surface area (Å²) >= 11 is 0. The predicted octanol–water partition coefficient (Wildman–Crippen LogP) is 3.11. The third-order valence-corrected chi connectivity index (χ3v) is 3.02. The third kappa shape index (κ3) is 2.28. The first-order chi connectivity index (χ1) is 8.11. The summed E-state index contributed by atoms with van der Waals surface area (Å²) in [5, 5.41) is 2.97. The molecule has 17 heavy (non-hydrogen) atoms. The zero-order chi connectivity index (χ0) is 12.4. The van der Waals surface area contributed by atoms with E-state index < -0.39 is 0 Å². The Kier molecular flexibility index (Phi) is 3.09. The lowest BCUT2D eigenvalue weighted by molar-refractivity contribution is 1.18. The minimum Gasteiger partial charge on any atom is -0.372 e. The lowest BCUT2D eigenvalue weighted by atomic mass is 9.99. The molecule has 3 heteroatoms. The Morgan fingerprint density at radius 3 is 2.18 bits per heavy atom. The van der Waals surface area contributed by atoms with E-state index in [9.17, 15) is 0 Å². The number of anilines is 1. The molecular weight excluding hydrogens is 210 g/mol. The molecule has 0 amide bonds. The van der Waals surface area contributed by atoms with E-state index in [-0.39, 0.29) is 0 Å². The minimum absolute atomic E-state index is 0.787. The average molecular weight is 227 g/mol. The van der Waals surface area contributed by atoms with Crippen LogP contribution in [-0.2, 0) is 0 Å². The molecule has 0 bridgehead atoms. The molecule has 0 radical (unpaired) electrons. The van der Waals surface area contributed by atoms with Crippen LogP contribution < -0.4 is 5.32 Å². The highest BCUT2D eigenvalue weighted by molar-refractivity contribution is 5.65. The van der Waals surface area contributed by atoms with Gasteiger partial charge in [0.25, 0.3) is 0 Å². The van der Waals surface area contributed by atoms with Gasteiger partial charge >= 0.3 is 0 Å². The van der Waals surface area contributed by atoms with Gasteiger partial charge in [-0.3, -0.25) is 4.98 Å². The topological polar surface area (TPSA) is 37.8 Å². The molecule has 0 aliphatic heterocycles. The Hall–Kier alpha value is -1.90. The van der Waals surface area contributed by atoms with E-state index in [1.807, 2.05) is 13.2 Å². The van der Waals surface area contributed by atoms with Gasteiger partial charge in [-0.2, -0.15) is 0 Å². The number of aryl methyl sites for hydroxylation is 3. The Morgan fingerprint density at radius 2 is 1.59 bits per heavy atom. The van der Waals surface area contributed by atoms with Gasteiger partial charge in [-0.15, -0.1) is 0 Å². The minimum atomic E-state index is 0.787. The predicted molar refractivity (Wildman–Crippen MR) is 71.2 cm³/mol. The summed E-state index contributed by atoms with van der Waals surface area (Å²) in [6.45, 7) is 6.35. The first kappa shape index (κ1) is 11.6. The molecule has 0 aliphatic rings. The van der Waals surface area contributed by atoms with Crippen molar-refractivity contribution in [2.45, 2.75) is 20.8 Å². The van der Waals surface area contributed by atoms with Crippen molar-refractivity contribution in [1.29, 1.82) is 0 Å². The van der Waals surface area contributed by atoms with Crippen LogP contribution in [0.25, 0.3) is 11.3 Å². The molecule has 1 heterocycles. The van der Waals surface area contributed by atoms with Crippen LogP contribution in [0.1, 0.15) is 16.7 Å². The van der Waals surface area contributed by atoms with Gasteiger partial charge in [0.1, 0.15) is 5.82 Å². The van der Waals surface area contributed by atoms with Crippen molar-refractivity contribution in [3.63, 3.8) is 0 Å². The second-order valence-corrected chi connectivity index (χ2v) is 4.29. The quantitative estimate of drug-likeness (QED) is 0.856. The number of hydrogen-bond donors (Lipinski definition) is 1. The lowest BCUT2D eigenvalue weighted by Crippen LogP contribution is -1.96. The molecule has 2 aromatic rings. The lowest BCUT2D eigenvalue weighted by Gasteiger charge is -2.09. The second-order valence-electron chi connectivity index (χ2n) is 4.29. The highest BCUT2D eigenvalue weighted by atomic mass is 15.0. The van der Waals surface area contributed by atoms with Crippen molar-refractivity contribution in [2.24, 2.45) is 0 Å². The van der Waals surface area contributed by atoms with E-state index in [4.69, 9.17) is 0 Å². The largest absolute Gasteiger partial charge is 0.372 e. The second kappa shape index (κ2) is 4.53. The molecule has 3 nitrogen and oxygen atoms in total. The number of aromatic nitrogens is 2. The van der Waals surface area contributed by atoms with E-state index in [1.165, 1.54) is 16.7 Å². The molecule has 1 aromatic heterocycles. The van der Waals surface area contributed by atoms with Crippen LogP contribution >= 0.6 is 0 Å². The summed E-state index contributed by atoms with van der Waals surface area (Å²) in [5.41, 5.74) is 5.91. The molecule has 0 atom stereocenters. The number of benzene rings is 1. The first-order valence-electron chi connectivity index (χ1n) is 5.70. The van der Waals surface area contributed by atoms with Crippen LogP contribution in [0, 0.1) is 20.8 Å². The average Bonchev–Trinajstić information content (AvgIpc) is 2.34. The Labute approximate surface area is 102 Å². The zero-order valence-corrected chi connectivity index (χ0v) is 10.7. The fourth-order valence-corrected chi connectivity index (χ4v) is 1.83. The summed E-state index contributed by atoms with van der Waals surface area (Å²) in [6.07, 6.45) is 3.56. The highest BCUT2D eigenvalue weighted by Crippen LogP contribution is 2.24. The number of hydrogen-bond acceptors (Lipinski definition) is 3. The monoisotopic (exact) mass is 227 g/mol. The highest BCUT2D eigenvalue weighted by Gasteiger charge is 2.06. The summed E-state index contributed by atoms with van der Waals surface area (Å²) < 4.78 is 0. The van der Waals surface area contributed by atoms with Crippen molar-refractivity contribution in [1.82, 2.24) is 9.97 Å².